The Kier molecular flexibility index (Phi) is 6.33. The summed E-state index contributed by atoms with van der Waals surface area (Å²) in [5, 5.41) is 8.18. The molecule has 8 aromatic carbocycles. The molecule has 0 spiro atoms. The van der Waals surface area contributed by atoms with Gasteiger partial charge in [-0.2, -0.15) is 0 Å². The zero-order valence-electron chi connectivity index (χ0n) is 29.1. The first-order valence-corrected chi connectivity index (χ1v) is 21.3. The molecule has 0 unspecified atom stereocenters. The van der Waals surface area contributed by atoms with E-state index >= 15 is 0 Å². The molecule has 0 atom stereocenters. The lowest BCUT2D eigenvalue weighted by molar-refractivity contribution is 0.464. The number of nitrogens with zero attached hydrogens (tertiary/aromatic N) is 1. The molecule has 9 aromatic rings. The van der Waals surface area contributed by atoms with Gasteiger partial charge < -0.3 is 14.4 Å². The maximum Gasteiger partial charge on any atom is 0.260 e. The number of para-hydroxylation sites is 3. The highest BCUT2D eigenvalue weighted by Crippen LogP contribution is 2.42. The molecular formula is C48H30BNO2SSi. The van der Waals surface area contributed by atoms with E-state index in [0.29, 0.717) is 0 Å². The maximum absolute atomic E-state index is 6.80. The molecule has 252 valence electrons. The van der Waals surface area contributed by atoms with Crippen molar-refractivity contribution < 1.29 is 9.47 Å². The van der Waals surface area contributed by atoms with Gasteiger partial charge in [-0.15, -0.1) is 11.3 Å². The Morgan fingerprint density at radius 3 is 1.89 bits per heavy atom. The Morgan fingerprint density at radius 2 is 1.07 bits per heavy atom. The number of anilines is 3. The molecule has 0 fully saturated rings. The lowest BCUT2D eigenvalue weighted by atomic mass is 9.35. The standard InChI is InChI=1S/C48H30BNO2SSi/c1-2-13-32(14-3-1)54(33-26-28-45-35(30-33)34-15-4-9-22-44(34)53-45)46-23-10-6-17-38(46)50(39-18-7-11-24-47(39)54)31-25-27-37-43(29-31)52-42-21-12-20-41-48(42)49(37)36-16-5-8-19-40(36)51-41/h1-30H. The molecule has 12 rings (SSSR count). The van der Waals surface area contributed by atoms with Crippen molar-refractivity contribution >= 4 is 100 Å². The van der Waals surface area contributed by atoms with E-state index in [1.807, 2.05) is 29.5 Å². The van der Waals surface area contributed by atoms with Crippen molar-refractivity contribution in [1.29, 1.82) is 0 Å². The topological polar surface area (TPSA) is 21.7 Å². The molecule has 6 heteroatoms. The third kappa shape index (κ3) is 4.07. The summed E-state index contributed by atoms with van der Waals surface area (Å²) in [4.78, 5) is 2.46. The molecule has 1 aromatic heterocycles. The highest BCUT2D eigenvalue weighted by atomic mass is 32.1. The smallest absolute Gasteiger partial charge is 0.260 e. The second kappa shape index (κ2) is 11.3. The van der Waals surface area contributed by atoms with Crippen LogP contribution < -0.4 is 51.5 Å². The summed E-state index contributed by atoms with van der Waals surface area (Å²) >= 11 is 1.88. The molecule has 0 aliphatic carbocycles. The van der Waals surface area contributed by atoms with Gasteiger partial charge in [0.25, 0.3) is 6.71 Å². The normalized spacial score (nSPS) is 14.3. The van der Waals surface area contributed by atoms with E-state index in [4.69, 9.17) is 9.47 Å². The van der Waals surface area contributed by atoms with Crippen LogP contribution in [0.1, 0.15) is 0 Å². The summed E-state index contributed by atoms with van der Waals surface area (Å²) < 4.78 is 15.8. The van der Waals surface area contributed by atoms with Crippen molar-refractivity contribution in [2.75, 3.05) is 4.90 Å². The molecule has 4 heterocycles. The Hall–Kier alpha value is -6.34. The molecule has 0 bridgehead atoms. The monoisotopic (exact) mass is 723 g/mol. The van der Waals surface area contributed by atoms with Gasteiger partial charge in [0.1, 0.15) is 23.0 Å². The van der Waals surface area contributed by atoms with Gasteiger partial charge in [-0.05, 0) is 80.2 Å². The molecule has 3 nitrogen and oxygen atoms in total. The molecule has 54 heavy (non-hydrogen) atoms. The molecule has 3 aliphatic rings. The van der Waals surface area contributed by atoms with Crippen LogP contribution in [-0.2, 0) is 0 Å². The van der Waals surface area contributed by atoms with Gasteiger partial charge in [-0.1, -0.05) is 127 Å². The minimum absolute atomic E-state index is 0.0288. The van der Waals surface area contributed by atoms with E-state index in [1.165, 1.54) is 52.3 Å². The van der Waals surface area contributed by atoms with E-state index < -0.39 is 8.07 Å². The van der Waals surface area contributed by atoms with Gasteiger partial charge in [0.2, 0.25) is 0 Å². The van der Waals surface area contributed by atoms with E-state index in [1.54, 1.807) is 0 Å². The van der Waals surface area contributed by atoms with E-state index in [-0.39, 0.29) is 6.71 Å². The zero-order chi connectivity index (χ0) is 35.4. The van der Waals surface area contributed by atoms with Gasteiger partial charge >= 0.3 is 0 Å². The largest absolute Gasteiger partial charge is 0.458 e. The van der Waals surface area contributed by atoms with Gasteiger partial charge in [-0.3, -0.25) is 0 Å². The molecule has 0 N–H and O–H groups in total. The second-order valence-corrected chi connectivity index (χ2v) is 19.2. The van der Waals surface area contributed by atoms with Crippen molar-refractivity contribution in [3.05, 3.63) is 182 Å². The third-order valence-corrected chi connectivity index (χ3v) is 17.7. The van der Waals surface area contributed by atoms with E-state index in [9.17, 15) is 0 Å². The van der Waals surface area contributed by atoms with Crippen LogP contribution in [0.5, 0.6) is 23.0 Å². The van der Waals surface area contributed by atoms with Crippen LogP contribution in [0, 0.1) is 0 Å². The lowest BCUT2D eigenvalue weighted by Gasteiger charge is -2.45. The van der Waals surface area contributed by atoms with Gasteiger partial charge in [0.05, 0.1) is 0 Å². The van der Waals surface area contributed by atoms with Crippen LogP contribution in [0.25, 0.3) is 20.2 Å². The Bertz CT molecular complexity index is 2950. The van der Waals surface area contributed by atoms with Gasteiger partial charge in [0, 0.05) is 48.8 Å². The molecule has 0 saturated carbocycles. The lowest BCUT2D eigenvalue weighted by Crippen LogP contribution is -2.77. The summed E-state index contributed by atoms with van der Waals surface area (Å²) in [6.45, 7) is 0.0288. The molecule has 0 radical (unpaired) electrons. The van der Waals surface area contributed by atoms with Crippen LogP contribution in [0.15, 0.2) is 182 Å². The summed E-state index contributed by atoms with van der Waals surface area (Å²) in [5.41, 5.74) is 6.89. The fraction of sp³-hybridized carbons (Fsp3) is 0. The number of thiophene rings is 1. The average Bonchev–Trinajstić information content (AvgIpc) is 3.61. The predicted octanol–water partition coefficient (Wildman–Crippen LogP) is 7.94. The summed E-state index contributed by atoms with van der Waals surface area (Å²) in [6.07, 6.45) is 0. The SMILES string of the molecule is c1ccc([Si]2(c3ccc4sc5ccccc5c4c3)c3ccccc3N(c3ccc4c(c3)Oc3cccc5c3B4c3ccccc3O5)c3ccccc32)cc1. The number of hydrogen-bond donors (Lipinski definition) is 0. The highest BCUT2D eigenvalue weighted by Gasteiger charge is 2.49. The van der Waals surface area contributed by atoms with Crippen molar-refractivity contribution in [3.8, 4) is 23.0 Å². The maximum atomic E-state index is 6.80. The first kappa shape index (κ1) is 30.2. The molecule has 0 saturated heterocycles. The minimum atomic E-state index is -2.84. The number of hydrogen-bond acceptors (Lipinski definition) is 4. The van der Waals surface area contributed by atoms with E-state index in [2.05, 4.69) is 169 Å². The number of fused-ring (bicyclic) bond motifs is 9. The Balaban J connectivity index is 1.10. The fourth-order valence-electron chi connectivity index (χ4n) is 9.46. The summed E-state index contributed by atoms with van der Waals surface area (Å²) in [7, 11) is -2.84. The van der Waals surface area contributed by atoms with Crippen LogP contribution in [0.3, 0.4) is 0 Å². The number of rotatable bonds is 3. The molecule has 0 amide bonds. The second-order valence-electron chi connectivity index (χ2n) is 14.4. The predicted molar refractivity (Wildman–Crippen MR) is 229 cm³/mol. The Labute approximate surface area is 318 Å². The third-order valence-electron chi connectivity index (χ3n) is 11.7. The van der Waals surface area contributed by atoms with Crippen LogP contribution in [-0.4, -0.2) is 14.8 Å². The first-order valence-electron chi connectivity index (χ1n) is 18.5. The van der Waals surface area contributed by atoms with Crippen molar-refractivity contribution in [3.63, 3.8) is 0 Å². The average molecular weight is 724 g/mol. The van der Waals surface area contributed by atoms with Crippen LogP contribution >= 0.6 is 11.3 Å². The highest BCUT2D eigenvalue weighted by molar-refractivity contribution is 7.26. The van der Waals surface area contributed by atoms with Crippen LogP contribution in [0.2, 0.25) is 0 Å². The van der Waals surface area contributed by atoms with Crippen molar-refractivity contribution in [2.45, 2.75) is 0 Å². The summed E-state index contributed by atoms with van der Waals surface area (Å²) in [5.74, 6) is 3.49. The number of benzene rings is 8. The Morgan fingerprint density at radius 1 is 0.444 bits per heavy atom. The van der Waals surface area contributed by atoms with Gasteiger partial charge in [0.15, 0.2) is 8.07 Å². The van der Waals surface area contributed by atoms with E-state index in [0.717, 1.165) is 45.1 Å². The molecule has 3 aliphatic heterocycles. The quantitative estimate of drug-likeness (QED) is 0.173. The first-order chi connectivity index (χ1) is 26.8. The molecular weight excluding hydrogens is 693 g/mol. The van der Waals surface area contributed by atoms with Crippen molar-refractivity contribution in [1.82, 2.24) is 0 Å². The fourth-order valence-corrected chi connectivity index (χ4v) is 15.7. The number of ether oxygens (including phenoxy) is 2. The zero-order valence-corrected chi connectivity index (χ0v) is 30.9. The van der Waals surface area contributed by atoms with Crippen LogP contribution in [0.4, 0.5) is 17.1 Å². The minimum Gasteiger partial charge on any atom is -0.458 e. The van der Waals surface area contributed by atoms with Crippen molar-refractivity contribution in [2.24, 2.45) is 0 Å². The van der Waals surface area contributed by atoms with Gasteiger partial charge in [-0.25, -0.2) is 0 Å². The summed E-state index contributed by atoms with van der Waals surface area (Å²) in [6, 6.07) is 66.9.